The van der Waals surface area contributed by atoms with Crippen molar-refractivity contribution >= 4 is 27.5 Å². The maximum absolute atomic E-state index is 14.7. The zero-order valence-corrected chi connectivity index (χ0v) is 17.6. The van der Waals surface area contributed by atoms with Crippen LogP contribution >= 0.6 is 0 Å². The minimum atomic E-state index is -4.04. The molecule has 1 aromatic carbocycles. The number of hydrogen-bond acceptors (Lipinski definition) is 3. The average molecular weight is 433 g/mol. The summed E-state index contributed by atoms with van der Waals surface area (Å²) in [6.07, 6.45) is 3.16. The van der Waals surface area contributed by atoms with Crippen molar-refractivity contribution in [2.45, 2.75) is 64.2 Å². The van der Waals surface area contributed by atoms with E-state index in [1.165, 1.54) is 6.07 Å². The van der Waals surface area contributed by atoms with Gasteiger partial charge in [0.15, 0.2) is 5.71 Å². The Bertz CT molecular complexity index is 914. The molecule has 0 saturated heterocycles. The second-order valence-corrected chi connectivity index (χ2v) is 9.37. The van der Waals surface area contributed by atoms with Gasteiger partial charge in [0.25, 0.3) is 10.1 Å². The lowest BCUT2D eigenvalue weighted by molar-refractivity contribution is -0.440. The summed E-state index contributed by atoms with van der Waals surface area (Å²) in [6.45, 7) is 4.24. The highest BCUT2D eigenvalue weighted by atomic mass is 32.2. The van der Waals surface area contributed by atoms with Crippen molar-refractivity contribution in [1.82, 2.24) is 0 Å². The van der Waals surface area contributed by atoms with Gasteiger partial charge in [0.05, 0.1) is 16.7 Å². The van der Waals surface area contributed by atoms with Crippen LogP contribution in [-0.2, 0) is 20.3 Å². The van der Waals surface area contributed by atoms with E-state index in [0.29, 0.717) is 49.9 Å². The third-order valence-electron chi connectivity index (χ3n) is 5.68. The molecule has 0 spiro atoms. The van der Waals surface area contributed by atoms with Gasteiger partial charge in [-0.1, -0.05) is 6.42 Å². The standard InChI is InChI=1S/C20H27F2NO5S/c1-14-20(2,9-5-7-11-29(26,27)28)19-16(22)12-15(21)13-17(19)23(14)10-6-3-4-8-18(24)25/h12-13H,3-11H2,1-2H3,(H-,24,25,26,27,28)/p+1. The van der Waals surface area contributed by atoms with E-state index in [-0.39, 0.29) is 18.6 Å². The number of carboxylic acids is 1. The van der Waals surface area contributed by atoms with Crippen molar-refractivity contribution < 1.29 is 36.2 Å². The Kier molecular flexibility index (Phi) is 7.50. The van der Waals surface area contributed by atoms with Crippen molar-refractivity contribution in [2.75, 3.05) is 12.3 Å². The molecule has 29 heavy (non-hydrogen) atoms. The zero-order valence-electron chi connectivity index (χ0n) is 16.7. The molecule has 0 amide bonds. The van der Waals surface area contributed by atoms with Crippen molar-refractivity contribution in [2.24, 2.45) is 0 Å². The van der Waals surface area contributed by atoms with Gasteiger partial charge in [0.2, 0.25) is 5.69 Å². The molecule has 6 nitrogen and oxygen atoms in total. The zero-order chi connectivity index (χ0) is 21.8. The highest BCUT2D eigenvalue weighted by Gasteiger charge is 2.48. The van der Waals surface area contributed by atoms with E-state index in [9.17, 15) is 22.0 Å². The number of nitrogens with zero attached hydrogens (tertiary/aromatic N) is 1. The van der Waals surface area contributed by atoms with Crippen molar-refractivity contribution in [3.05, 3.63) is 29.3 Å². The second kappa shape index (κ2) is 9.30. The van der Waals surface area contributed by atoms with Gasteiger partial charge in [-0.15, -0.1) is 0 Å². The van der Waals surface area contributed by atoms with Gasteiger partial charge >= 0.3 is 5.97 Å². The number of carboxylic acid groups (broad SMARTS) is 1. The van der Waals surface area contributed by atoms with E-state index in [1.807, 2.05) is 18.4 Å². The molecule has 1 aliphatic rings. The molecule has 1 heterocycles. The quantitative estimate of drug-likeness (QED) is 0.313. The van der Waals surface area contributed by atoms with Gasteiger partial charge in [-0.25, -0.2) is 8.78 Å². The number of halogens is 2. The first-order valence-electron chi connectivity index (χ1n) is 9.74. The van der Waals surface area contributed by atoms with Gasteiger partial charge in [0.1, 0.15) is 18.2 Å². The SMILES string of the molecule is CC1=[N+](CCCCCC(=O)O)c2cc(F)cc(F)c2C1(C)CCCCS(=O)(=O)O. The van der Waals surface area contributed by atoms with Gasteiger partial charge in [-0.3, -0.25) is 9.35 Å². The third-order valence-corrected chi connectivity index (χ3v) is 6.49. The largest absolute Gasteiger partial charge is 0.481 e. The van der Waals surface area contributed by atoms with Crippen LogP contribution in [0.2, 0.25) is 0 Å². The van der Waals surface area contributed by atoms with Crippen molar-refractivity contribution in [1.29, 1.82) is 0 Å². The number of carbonyl (C=O) groups is 1. The first-order valence-corrected chi connectivity index (χ1v) is 11.3. The lowest BCUT2D eigenvalue weighted by atomic mass is 9.76. The third kappa shape index (κ3) is 5.82. The lowest BCUT2D eigenvalue weighted by Crippen LogP contribution is -2.31. The summed E-state index contributed by atoms with van der Waals surface area (Å²) in [5.74, 6) is -2.50. The molecule has 0 aliphatic carbocycles. The Balaban J connectivity index is 2.22. The topological polar surface area (TPSA) is 94.7 Å². The molecule has 0 aromatic heterocycles. The van der Waals surface area contributed by atoms with Crippen LogP contribution < -0.4 is 0 Å². The maximum atomic E-state index is 14.7. The number of benzene rings is 1. The van der Waals surface area contributed by atoms with Crippen LogP contribution in [0, 0.1) is 11.6 Å². The number of fused-ring (bicyclic) bond motifs is 1. The average Bonchev–Trinajstić information content (AvgIpc) is 2.79. The molecule has 1 aliphatic heterocycles. The number of unbranched alkanes of at least 4 members (excludes halogenated alkanes) is 3. The number of rotatable bonds is 11. The summed E-state index contributed by atoms with van der Waals surface area (Å²) in [7, 11) is -4.04. The molecule has 162 valence electrons. The summed E-state index contributed by atoms with van der Waals surface area (Å²) in [6, 6.07) is 2.17. The molecule has 1 atom stereocenters. The smallest absolute Gasteiger partial charge is 0.303 e. The van der Waals surface area contributed by atoms with Crippen LogP contribution in [0.5, 0.6) is 0 Å². The molecule has 2 N–H and O–H groups in total. The summed E-state index contributed by atoms with van der Waals surface area (Å²) in [5, 5.41) is 8.73. The fourth-order valence-electron chi connectivity index (χ4n) is 4.06. The molecule has 1 unspecified atom stereocenters. The minimum absolute atomic E-state index is 0.0913. The Labute approximate surface area is 170 Å². The Morgan fingerprint density at radius 1 is 1.14 bits per heavy atom. The summed E-state index contributed by atoms with van der Waals surface area (Å²) in [5.41, 5.74) is 0.999. The predicted octanol–water partition coefficient (Wildman–Crippen LogP) is 4.04. The van der Waals surface area contributed by atoms with Crippen LogP contribution in [0.4, 0.5) is 14.5 Å². The van der Waals surface area contributed by atoms with E-state index in [1.54, 1.807) is 0 Å². The van der Waals surface area contributed by atoms with Crippen LogP contribution in [0.15, 0.2) is 12.1 Å². The molecule has 9 heteroatoms. The highest BCUT2D eigenvalue weighted by Crippen LogP contribution is 2.44. The lowest BCUT2D eigenvalue weighted by Gasteiger charge is -2.22. The van der Waals surface area contributed by atoms with E-state index in [2.05, 4.69) is 0 Å². The normalized spacial score (nSPS) is 18.9. The first kappa shape index (κ1) is 23.4. The van der Waals surface area contributed by atoms with Crippen molar-refractivity contribution in [3.63, 3.8) is 0 Å². The number of aliphatic carboxylic acids is 1. The molecule has 0 saturated carbocycles. The summed E-state index contributed by atoms with van der Waals surface area (Å²) in [4.78, 5) is 10.6. The fourth-order valence-corrected chi connectivity index (χ4v) is 4.63. The van der Waals surface area contributed by atoms with Gasteiger partial charge < -0.3 is 5.11 Å². The summed E-state index contributed by atoms with van der Waals surface area (Å²) < 4.78 is 61.3. The Morgan fingerprint density at radius 2 is 1.83 bits per heavy atom. The van der Waals surface area contributed by atoms with Crippen LogP contribution in [0.3, 0.4) is 0 Å². The molecule has 0 bridgehead atoms. The van der Waals surface area contributed by atoms with Crippen LogP contribution in [0.25, 0.3) is 0 Å². The van der Waals surface area contributed by atoms with E-state index in [4.69, 9.17) is 9.66 Å². The number of hydrogen-bond donors (Lipinski definition) is 2. The Morgan fingerprint density at radius 3 is 2.45 bits per heavy atom. The van der Waals surface area contributed by atoms with Crippen LogP contribution in [0.1, 0.15) is 64.4 Å². The molecular formula is C20H28F2NO5S+. The molecule has 1 aromatic rings. The van der Waals surface area contributed by atoms with E-state index >= 15 is 0 Å². The molecule has 0 radical (unpaired) electrons. The Hall–Kier alpha value is -1.87. The highest BCUT2D eigenvalue weighted by molar-refractivity contribution is 7.85. The van der Waals surface area contributed by atoms with Gasteiger partial charge in [-0.05, 0) is 32.6 Å². The van der Waals surface area contributed by atoms with Gasteiger partial charge in [-0.2, -0.15) is 13.0 Å². The molecular weight excluding hydrogens is 404 g/mol. The maximum Gasteiger partial charge on any atom is 0.303 e. The molecule has 2 rings (SSSR count). The summed E-state index contributed by atoms with van der Waals surface area (Å²) >= 11 is 0. The first-order chi connectivity index (χ1) is 13.5. The van der Waals surface area contributed by atoms with E-state index < -0.39 is 33.1 Å². The predicted molar refractivity (Wildman–Crippen MR) is 106 cm³/mol. The van der Waals surface area contributed by atoms with Gasteiger partial charge in [0, 0.05) is 31.9 Å². The monoisotopic (exact) mass is 432 g/mol. The second-order valence-electron chi connectivity index (χ2n) is 7.80. The fraction of sp³-hybridized carbons (Fsp3) is 0.600. The molecule has 0 fully saturated rings. The van der Waals surface area contributed by atoms with Crippen molar-refractivity contribution in [3.8, 4) is 0 Å². The van der Waals surface area contributed by atoms with E-state index in [0.717, 1.165) is 11.8 Å². The minimum Gasteiger partial charge on any atom is -0.481 e. The van der Waals surface area contributed by atoms with Crippen LogP contribution in [-0.4, -0.2) is 46.6 Å².